The Balaban J connectivity index is 1.29. The maximum absolute atomic E-state index is 14.1. The van der Waals surface area contributed by atoms with Crippen molar-refractivity contribution >= 4 is 58.2 Å². The Morgan fingerprint density at radius 3 is 2.43 bits per heavy atom. The lowest BCUT2D eigenvalue weighted by atomic mass is 9.83. The number of ether oxygens (including phenoxy) is 3. The van der Waals surface area contributed by atoms with E-state index in [-0.39, 0.29) is 24.0 Å². The molecule has 1 fully saturated rings. The lowest BCUT2D eigenvalue weighted by Gasteiger charge is -2.30. The van der Waals surface area contributed by atoms with Crippen molar-refractivity contribution in [2.45, 2.75) is 37.0 Å². The zero-order valence-corrected chi connectivity index (χ0v) is 27.4. The van der Waals surface area contributed by atoms with Gasteiger partial charge in [0.25, 0.3) is 5.91 Å². The van der Waals surface area contributed by atoms with Crippen molar-refractivity contribution in [2.24, 2.45) is 5.92 Å². The number of thiazole rings is 1. The quantitative estimate of drug-likeness (QED) is 0.173. The Bertz CT molecular complexity index is 1920. The van der Waals surface area contributed by atoms with Gasteiger partial charge in [0.05, 0.1) is 35.4 Å². The van der Waals surface area contributed by atoms with Gasteiger partial charge in [-0.3, -0.25) is 19.2 Å². The molecule has 2 aliphatic rings. The molecular weight excluding hydrogens is 643 g/mol. The molecule has 2 N–H and O–H groups in total. The number of aromatic nitrogens is 1. The van der Waals surface area contributed by atoms with Crippen LogP contribution in [0.4, 0.5) is 11.4 Å². The lowest BCUT2D eigenvalue weighted by Crippen LogP contribution is -2.32. The molecule has 6 rings (SSSR count). The number of aryl methyl sites for hydroxylation is 1. The number of imide groups is 1. The number of carbonyl (C=O) groups is 4. The van der Waals surface area contributed by atoms with Crippen LogP contribution in [0, 0.1) is 12.8 Å². The van der Waals surface area contributed by atoms with Gasteiger partial charge < -0.3 is 24.5 Å². The van der Waals surface area contributed by atoms with Crippen molar-refractivity contribution < 1.29 is 33.4 Å². The Morgan fingerprint density at radius 1 is 0.915 bits per heavy atom. The number of anilines is 2. The predicted molar refractivity (Wildman–Crippen MR) is 178 cm³/mol. The first kappa shape index (κ1) is 32.1. The molecule has 3 heterocycles. The molecule has 11 nitrogen and oxygen atoms in total. The summed E-state index contributed by atoms with van der Waals surface area (Å²) in [7, 11) is 0. The van der Waals surface area contributed by atoms with Crippen LogP contribution in [0.3, 0.4) is 0 Å². The van der Waals surface area contributed by atoms with Gasteiger partial charge in [-0.05, 0) is 80.4 Å². The van der Waals surface area contributed by atoms with E-state index in [1.807, 2.05) is 32.0 Å². The number of carbonyl (C=O) groups excluding carboxylic acids is 4. The Kier molecular flexibility index (Phi) is 9.19. The van der Waals surface area contributed by atoms with Gasteiger partial charge in [0, 0.05) is 16.5 Å². The minimum Gasteiger partial charge on any atom is -0.490 e. The zero-order valence-electron chi connectivity index (χ0n) is 25.7. The highest BCUT2D eigenvalue weighted by Gasteiger charge is 2.56. The van der Waals surface area contributed by atoms with Crippen LogP contribution >= 0.6 is 23.1 Å². The van der Waals surface area contributed by atoms with Crippen LogP contribution in [0.15, 0.2) is 76.6 Å². The molecule has 0 spiro atoms. The Morgan fingerprint density at radius 2 is 1.70 bits per heavy atom. The SMILES string of the molecule is CCOC(=O)c1ccc(N2C(=O)[C@H]3[C@H](c4ccc(OCC(=O)Nc5cccc(C)c5)c(OCC)c4)c4sc(=O)[nH]c4S[C@H]3C2=O)cc1. The number of amides is 3. The number of thioether (sulfide) groups is 1. The van der Waals surface area contributed by atoms with Crippen LogP contribution in [0.5, 0.6) is 11.5 Å². The van der Waals surface area contributed by atoms with E-state index >= 15 is 0 Å². The summed E-state index contributed by atoms with van der Waals surface area (Å²) in [5.41, 5.74) is 2.95. The van der Waals surface area contributed by atoms with Crippen molar-refractivity contribution in [1.82, 2.24) is 4.98 Å². The average Bonchev–Trinajstić information content (AvgIpc) is 3.54. The number of nitrogens with one attached hydrogen (secondary N) is 2. The van der Waals surface area contributed by atoms with E-state index in [2.05, 4.69) is 10.3 Å². The van der Waals surface area contributed by atoms with E-state index < -0.39 is 34.9 Å². The molecular formula is C34H31N3O8S2. The van der Waals surface area contributed by atoms with E-state index in [1.165, 1.54) is 23.9 Å². The van der Waals surface area contributed by atoms with Crippen LogP contribution in [-0.4, -0.2) is 53.7 Å². The van der Waals surface area contributed by atoms with E-state index in [4.69, 9.17) is 14.2 Å². The van der Waals surface area contributed by atoms with Gasteiger partial charge in [0.1, 0.15) is 5.25 Å². The molecule has 0 unspecified atom stereocenters. The maximum atomic E-state index is 14.1. The molecule has 1 saturated heterocycles. The van der Waals surface area contributed by atoms with Crippen LogP contribution in [0.2, 0.25) is 0 Å². The van der Waals surface area contributed by atoms with Gasteiger partial charge in [-0.2, -0.15) is 0 Å². The summed E-state index contributed by atoms with van der Waals surface area (Å²) in [5.74, 6) is -2.45. The second-order valence-electron chi connectivity index (χ2n) is 10.9. The van der Waals surface area contributed by atoms with E-state index in [0.717, 1.165) is 21.8 Å². The smallest absolute Gasteiger partial charge is 0.338 e. The molecule has 2 aliphatic heterocycles. The fourth-order valence-electron chi connectivity index (χ4n) is 5.76. The third kappa shape index (κ3) is 6.41. The summed E-state index contributed by atoms with van der Waals surface area (Å²) in [6, 6.07) is 18.7. The molecule has 4 aromatic rings. The summed E-state index contributed by atoms with van der Waals surface area (Å²) in [6.07, 6.45) is 0. The fraction of sp³-hybridized carbons (Fsp3) is 0.265. The van der Waals surface area contributed by atoms with Crippen molar-refractivity contribution in [3.63, 3.8) is 0 Å². The monoisotopic (exact) mass is 673 g/mol. The van der Waals surface area contributed by atoms with Gasteiger partial charge in [-0.1, -0.05) is 41.3 Å². The molecule has 47 heavy (non-hydrogen) atoms. The number of hydrogen-bond donors (Lipinski definition) is 2. The second kappa shape index (κ2) is 13.5. The molecule has 1 aromatic heterocycles. The number of H-pyrrole nitrogens is 1. The van der Waals surface area contributed by atoms with E-state index in [0.29, 0.717) is 50.5 Å². The summed E-state index contributed by atoms with van der Waals surface area (Å²) >= 11 is 2.17. The summed E-state index contributed by atoms with van der Waals surface area (Å²) in [4.78, 5) is 69.6. The van der Waals surface area contributed by atoms with E-state index in [1.54, 1.807) is 43.3 Å². The number of fused-ring (bicyclic) bond motifs is 2. The molecule has 3 amide bonds. The Hall–Kier alpha value is -4.88. The first-order valence-corrected chi connectivity index (χ1v) is 16.7. The highest BCUT2D eigenvalue weighted by Crippen LogP contribution is 2.53. The fourth-order valence-corrected chi connectivity index (χ4v) is 8.28. The van der Waals surface area contributed by atoms with Gasteiger partial charge in [-0.25, -0.2) is 9.69 Å². The van der Waals surface area contributed by atoms with Crippen molar-refractivity contribution in [3.05, 3.63) is 98.0 Å². The second-order valence-corrected chi connectivity index (χ2v) is 13.0. The molecule has 3 atom stereocenters. The lowest BCUT2D eigenvalue weighted by molar-refractivity contribution is -0.122. The number of rotatable bonds is 10. The van der Waals surface area contributed by atoms with Crippen LogP contribution in [0.1, 0.15) is 46.1 Å². The molecule has 0 bridgehead atoms. The van der Waals surface area contributed by atoms with Gasteiger partial charge in [0.15, 0.2) is 18.1 Å². The topological polar surface area (TPSA) is 144 Å². The Labute approximate surface area is 278 Å². The standard InChI is InChI=1S/C34H31N3O8S2/c1-4-43-24-16-20(11-14-23(24)45-17-25(38)35-21-8-6-7-18(3)15-21)26-27-29(46-30-28(26)47-34(42)36-30)32(40)37(31(27)39)22-12-9-19(10-13-22)33(41)44-5-2/h6-16,26-27,29H,4-5,17H2,1-3H3,(H,35,38)(H,36,42)/t26-,27-,29+/m0/s1. The van der Waals surface area contributed by atoms with Crippen molar-refractivity contribution in [3.8, 4) is 11.5 Å². The summed E-state index contributed by atoms with van der Waals surface area (Å²) in [6.45, 7) is 5.71. The number of esters is 1. The molecule has 242 valence electrons. The largest absolute Gasteiger partial charge is 0.490 e. The first-order chi connectivity index (χ1) is 22.7. The molecule has 0 radical (unpaired) electrons. The summed E-state index contributed by atoms with van der Waals surface area (Å²) in [5, 5.41) is 2.55. The van der Waals surface area contributed by atoms with Gasteiger partial charge in [-0.15, -0.1) is 0 Å². The molecule has 3 aromatic carbocycles. The predicted octanol–water partition coefficient (Wildman–Crippen LogP) is 5.13. The number of nitrogens with zero attached hydrogens (tertiary/aromatic N) is 1. The first-order valence-electron chi connectivity index (χ1n) is 15.0. The van der Waals surface area contributed by atoms with Gasteiger partial charge in [0.2, 0.25) is 11.8 Å². The third-order valence-electron chi connectivity index (χ3n) is 7.75. The number of hydrogen-bond acceptors (Lipinski definition) is 10. The van der Waals surface area contributed by atoms with Gasteiger partial charge >= 0.3 is 10.8 Å². The van der Waals surface area contributed by atoms with Crippen molar-refractivity contribution in [1.29, 1.82) is 0 Å². The third-order valence-corrected chi connectivity index (χ3v) is 10.1. The molecule has 13 heteroatoms. The number of benzene rings is 3. The van der Waals surface area contributed by atoms with E-state index in [9.17, 15) is 24.0 Å². The highest BCUT2D eigenvalue weighted by atomic mass is 32.2. The maximum Gasteiger partial charge on any atom is 0.338 e. The zero-order chi connectivity index (χ0) is 33.2. The van der Waals surface area contributed by atoms with Crippen LogP contribution in [-0.2, 0) is 19.1 Å². The number of aromatic amines is 1. The normalized spacial score (nSPS) is 18.4. The minimum absolute atomic E-state index is 0.222. The molecule has 0 aliphatic carbocycles. The minimum atomic E-state index is -0.822. The average molecular weight is 674 g/mol. The highest BCUT2D eigenvalue weighted by molar-refractivity contribution is 8.00. The van der Waals surface area contributed by atoms with Crippen LogP contribution in [0.25, 0.3) is 0 Å². The van der Waals surface area contributed by atoms with Crippen LogP contribution < -0.4 is 24.6 Å². The summed E-state index contributed by atoms with van der Waals surface area (Å²) < 4.78 is 16.8. The molecule has 0 saturated carbocycles. The van der Waals surface area contributed by atoms with Crippen molar-refractivity contribution in [2.75, 3.05) is 30.0 Å².